The van der Waals surface area contributed by atoms with Crippen molar-refractivity contribution in [2.24, 2.45) is 0 Å². The van der Waals surface area contributed by atoms with E-state index < -0.39 is 12.1 Å². The van der Waals surface area contributed by atoms with Crippen molar-refractivity contribution in [3.8, 4) is 5.75 Å². The van der Waals surface area contributed by atoms with Crippen molar-refractivity contribution < 1.29 is 19.4 Å². The summed E-state index contributed by atoms with van der Waals surface area (Å²) in [6, 6.07) is 21.2. The third-order valence-electron chi connectivity index (χ3n) is 5.56. The van der Waals surface area contributed by atoms with E-state index in [4.69, 9.17) is 4.74 Å². The van der Waals surface area contributed by atoms with Crippen molar-refractivity contribution in [2.75, 3.05) is 0 Å². The van der Waals surface area contributed by atoms with Crippen LogP contribution in [0.3, 0.4) is 0 Å². The smallest absolute Gasteiger partial charge is 0.262 e. The third kappa shape index (κ3) is 2.91. The zero-order valence-electron chi connectivity index (χ0n) is 16.1. The van der Waals surface area contributed by atoms with E-state index in [-0.39, 0.29) is 11.8 Å². The Bertz CT molecular complexity index is 1130. The molecular weight excluding hydrogens is 378 g/mol. The first-order chi connectivity index (χ1) is 14.6. The fourth-order valence-corrected chi connectivity index (χ4v) is 4.05. The Kier molecular flexibility index (Phi) is 4.45. The Labute approximate surface area is 173 Å². The molecule has 1 aliphatic heterocycles. The molecule has 2 atom stereocenters. The molecule has 0 spiro atoms. The van der Waals surface area contributed by atoms with Crippen LogP contribution in [0.5, 0.6) is 5.75 Å². The average Bonchev–Trinajstić information content (AvgIpc) is 3.04. The SMILES string of the molecule is O=C1c2ccccc2C(=O)N1[C@H]1C=Cc2c(OCc3ccccc3)cccc2[C@@H]1O. The molecule has 0 saturated carbocycles. The van der Waals surface area contributed by atoms with Gasteiger partial charge in [-0.25, -0.2) is 0 Å². The molecule has 0 aromatic heterocycles. The monoisotopic (exact) mass is 397 g/mol. The van der Waals surface area contributed by atoms with Gasteiger partial charge in [-0.2, -0.15) is 0 Å². The summed E-state index contributed by atoms with van der Waals surface area (Å²) in [5, 5.41) is 11.1. The highest BCUT2D eigenvalue weighted by Crippen LogP contribution is 2.38. The van der Waals surface area contributed by atoms with Crippen LogP contribution in [-0.2, 0) is 6.61 Å². The van der Waals surface area contributed by atoms with Gasteiger partial charge < -0.3 is 9.84 Å². The summed E-state index contributed by atoms with van der Waals surface area (Å²) in [5.41, 5.74) is 3.17. The van der Waals surface area contributed by atoms with Gasteiger partial charge in [-0.15, -0.1) is 0 Å². The molecule has 0 radical (unpaired) electrons. The number of hydrogen-bond acceptors (Lipinski definition) is 4. The van der Waals surface area contributed by atoms with Crippen LogP contribution in [0, 0.1) is 0 Å². The molecule has 0 bridgehead atoms. The minimum absolute atomic E-state index is 0.369. The van der Waals surface area contributed by atoms with Crippen LogP contribution in [-0.4, -0.2) is 27.9 Å². The van der Waals surface area contributed by atoms with Crippen LogP contribution in [0.4, 0.5) is 0 Å². The number of nitrogens with zero attached hydrogens (tertiary/aromatic N) is 1. The van der Waals surface area contributed by atoms with Crippen LogP contribution in [0.2, 0.25) is 0 Å². The van der Waals surface area contributed by atoms with Gasteiger partial charge in [0.2, 0.25) is 0 Å². The highest BCUT2D eigenvalue weighted by molar-refractivity contribution is 6.21. The normalized spacial score (nSPS) is 19.6. The first kappa shape index (κ1) is 18.3. The molecule has 5 nitrogen and oxygen atoms in total. The summed E-state index contributed by atoms with van der Waals surface area (Å²) in [5.74, 6) is -0.124. The predicted octanol–water partition coefficient (Wildman–Crippen LogP) is 3.99. The summed E-state index contributed by atoms with van der Waals surface area (Å²) < 4.78 is 5.98. The first-order valence-corrected chi connectivity index (χ1v) is 9.78. The Morgan fingerprint density at radius 3 is 2.20 bits per heavy atom. The molecule has 5 rings (SSSR count). The Morgan fingerprint density at radius 2 is 1.50 bits per heavy atom. The molecule has 3 aromatic carbocycles. The molecule has 30 heavy (non-hydrogen) atoms. The summed E-state index contributed by atoms with van der Waals surface area (Å²) >= 11 is 0. The summed E-state index contributed by atoms with van der Waals surface area (Å²) in [4.78, 5) is 26.8. The lowest BCUT2D eigenvalue weighted by Crippen LogP contribution is -2.43. The van der Waals surface area contributed by atoms with E-state index in [1.807, 2.05) is 42.5 Å². The van der Waals surface area contributed by atoms with E-state index in [0.717, 1.165) is 16.0 Å². The Morgan fingerprint density at radius 1 is 0.833 bits per heavy atom. The molecule has 2 aliphatic rings. The quantitative estimate of drug-likeness (QED) is 0.676. The topological polar surface area (TPSA) is 66.8 Å². The molecule has 148 valence electrons. The zero-order valence-corrected chi connectivity index (χ0v) is 16.1. The Balaban J connectivity index is 1.43. The molecule has 1 heterocycles. The molecular formula is C25H19NO4. The summed E-state index contributed by atoms with van der Waals surface area (Å²) in [6.45, 7) is 0.406. The van der Waals surface area contributed by atoms with Crippen LogP contribution < -0.4 is 4.74 Å². The number of rotatable bonds is 4. The van der Waals surface area contributed by atoms with Crippen molar-refractivity contribution in [1.29, 1.82) is 0 Å². The molecule has 2 amide bonds. The van der Waals surface area contributed by atoms with Gasteiger partial charge >= 0.3 is 0 Å². The number of ether oxygens (including phenoxy) is 1. The van der Waals surface area contributed by atoms with Crippen molar-refractivity contribution >= 4 is 17.9 Å². The second-order valence-electron chi connectivity index (χ2n) is 7.35. The van der Waals surface area contributed by atoms with Crippen molar-refractivity contribution in [3.05, 3.63) is 107 Å². The van der Waals surface area contributed by atoms with Gasteiger partial charge in [-0.1, -0.05) is 66.7 Å². The maximum absolute atomic E-state index is 12.8. The number of aliphatic hydroxyl groups is 1. The lowest BCUT2D eigenvalue weighted by atomic mass is 9.90. The zero-order chi connectivity index (χ0) is 20.7. The number of fused-ring (bicyclic) bond motifs is 2. The highest BCUT2D eigenvalue weighted by atomic mass is 16.5. The second-order valence-corrected chi connectivity index (χ2v) is 7.35. The average molecular weight is 397 g/mol. The first-order valence-electron chi connectivity index (χ1n) is 9.78. The summed E-state index contributed by atoms with van der Waals surface area (Å²) in [7, 11) is 0. The lowest BCUT2D eigenvalue weighted by molar-refractivity contribution is 0.0425. The molecule has 3 aromatic rings. The van der Waals surface area contributed by atoms with Gasteiger partial charge in [0, 0.05) is 5.56 Å². The minimum Gasteiger partial charge on any atom is -0.488 e. The number of benzene rings is 3. The van der Waals surface area contributed by atoms with Crippen molar-refractivity contribution in [2.45, 2.75) is 18.8 Å². The second kappa shape index (κ2) is 7.28. The molecule has 5 heteroatoms. The van der Waals surface area contributed by atoms with E-state index in [1.54, 1.807) is 42.5 Å². The fourth-order valence-electron chi connectivity index (χ4n) is 4.05. The molecule has 0 saturated heterocycles. The van der Waals surface area contributed by atoms with Crippen LogP contribution in [0.15, 0.2) is 78.9 Å². The van der Waals surface area contributed by atoms with E-state index in [2.05, 4.69) is 0 Å². The number of amides is 2. The number of carbonyl (C=O) groups is 2. The number of hydrogen-bond donors (Lipinski definition) is 1. The van der Waals surface area contributed by atoms with E-state index in [0.29, 0.717) is 29.0 Å². The van der Waals surface area contributed by atoms with Crippen molar-refractivity contribution in [3.63, 3.8) is 0 Å². The third-order valence-corrected chi connectivity index (χ3v) is 5.56. The number of carbonyl (C=O) groups excluding carboxylic acids is 2. The van der Waals surface area contributed by atoms with E-state index in [1.165, 1.54) is 0 Å². The lowest BCUT2D eigenvalue weighted by Gasteiger charge is -2.32. The van der Waals surface area contributed by atoms with Crippen LogP contribution in [0.25, 0.3) is 6.08 Å². The van der Waals surface area contributed by atoms with Gasteiger partial charge in [0.25, 0.3) is 11.8 Å². The van der Waals surface area contributed by atoms with E-state index in [9.17, 15) is 14.7 Å². The van der Waals surface area contributed by atoms with Gasteiger partial charge in [-0.3, -0.25) is 14.5 Å². The van der Waals surface area contributed by atoms with Gasteiger partial charge in [0.05, 0.1) is 17.2 Å². The Hall–Kier alpha value is -3.70. The molecule has 0 unspecified atom stereocenters. The predicted molar refractivity (Wildman–Crippen MR) is 112 cm³/mol. The maximum atomic E-state index is 12.8. The van der Waals surface area contributed by atoms with Crippen LogP contribution in [0.1, 0.15) is 43.5 Å². The summed E-state index contributed by atoms with van der Waals surface area (Å²) in [6.07, 6.45) is 2.48. The molecule has 1 aliphatic carbocycles. The largest absolute Gasteiger partial charge is 0.488 e. The van der Waals surface area contributed by atoms with Gasteiger partial charge in [0.1, 0.15) is 18.5 Å². The van der Waals surface area contributed by atoms with Gasteiger partial charge in [-0.05, 0) is 29.3 Å². The maximum Gasteiger partial charge on any atom is 0.262 e. The number of aliphatic hydroxyl groups excluding tert-OH is 1. The minimum atomic E-state index is -1.03. The van der Waals surface area contributed by atoms with Crippen molar-refractivity contribution in [1.82, 2.24) is 4.90 Å². The number of imide groups is 1. The van der Waals surface area contributed by atoms with Crippen LogP contribution >= 0.6 is 0 Å². The molecule has 0 fully saturated rings. The fraction of sp³-hybridized carbons (Fsp3) is 0.120. The standard InChI is InChI=1S/C25H19NO4/c27-23-18-11-6-12-22(30-15-16-7-2-1-3-8-16)17(18)13-14-21(23)26-24(28)19-9-4-5-10-20(19)25(26)29/h1-14,21,23,27H,15H2/t21-,23-/m0/s1. The van der Waals surface area contributed by atoms with E-state index >= 15 is 0 Å². The van der Waals surface area contributed by atoms with Gasteiger partial charge in [0.15, 0.2) is 0 Å². The highest BCUT2D eigenvalue weighted by Gasteiger charge is 2.43. The molecule has 1 N–H and O–H groups in total.